The van der Waals surface area contributed by atoms with Crippen molar-refractivity contribution < 1.29 is 14.7 Å². The summed E-state index contributed by atoms with van der Waals surface area (Å²) in [7, 11) is 0. The SMILES string of the molecule is Cc1cc(C(=O)N2CC[C@@H](O)[C@@]3(CCCNC3=O)C2)cc2sc(N)nc12. The second-order valence-electron chi connectivity index (χ2n) is 7.24. The summed E-state index contributed by atoms with van der Waals surface area (Å²) in [5.41, 5.74) is 7.20. The van der Waals surface area contributed by atoms with Gasteiger partial charge in [-0.1, -0.05) is 11.3 Å². The van der Waals surface area contributed by atoms with E-state index in [1.807, 2.05) is 19.1 Å². The summed E-state index contributed by atoms with van der Waals surface area (Å²) in [6.07, 6.45) is 1.12. The number of nitrogens with two attached hydrogens (primary N) is 1. The van der Waals surface area contributed by atoms with Crippen LogP contribution in [-0.2, 0) is 4.79 Å². The molecule has 4 rings (SSSR count). The van der Waals surface area contributed by atoms with Crippen molar-refractivity contribution in [2.45, 2.75) is 32.3 Å². The highest BCUT2D eigenvalue weighted by Crippen LogP contribution is 2.38. The van der Waals surface area contributed by atoms with E-state index in [2.05, 4.69) is 10.3 Å². The molecule has 138 valence electrons. The zero-order valence-electron chi connectivity index (χ0n) is 14.6. The maximum Gasteiger partial charge on any atom is 0.253 e. The van der Waals surface area contributed by atoms with Crippen LogP contribution in [0, 0.1) is 12.3 Å². The van der Waals surface area contributed by atoms with Gasteiger partial charge in [-0.3, -0.25) is 9.59 Å². The molecule has 4 N–H and O–H groups in total. The molecule has 0 radical (unpaired) electrons. The molecule has 0 aliphatic carbocycles. The Kier molecular flexibility index (Phi) is 4.11. The third-order valence-electron chi connectivity index (χ3n) is 5.56. The first kappa shape index (κ1) is 17.2. The normalized spacial score (nSPS) is 26.3. The standard InChI is InChI=1S/C18H22N4O3S/c1-10-7-11(8-12-14(10)21-17(19)26-12)15(24)22-6-3-13(23)18(9-22)4-2-5-20-16(18)25/h7-8,13,23H,2-6,9H2,1H3,(H2,19,21)(H,20,25)/t13-,18-/m1/s1. The zero-order chi connectivity index (χ0) is 18.5. The fourth-order valence-electron chi connectivity index (χ4n) is 4.14. The summed E-state index contributed by atoms with van der Waals surface area (Å²) in [5, 5.41) is 13.8. The summed E-state index contributed by atoms with van der Waals surface area (Å²) >= 11 is 1.36. The predicted molar refractivity (Wildman–Crippen MR) is 100.0 cm³/mol. The lowest BCUT2D eigenvalue weighted by molar-refractivity contribution is -0.147. The molecule has 0 bridgehead atoms. The van der Waals surface area contributed by atoms with Crippen LogP contribution in [0.25, 0.3) is 10.2 Å². The van der Waals surface area contributed by atoms with Crippen LogP contribution in [-0.4, -0.2) is 52.5 Å². The number of nitrogens with one attached hydrogen (secondary N) is 1. The molecule has 8 heteroatoms. The van der Waals surface area contributed by atoms with E-state index in [0.29, 0.717) is 36.6 Å². The van der Waals surface area contributed by atoms with E-state index in [4.69, 9.17) is 5.73 Å². The van der Waals surface area contributed by atoms with E-state index < -0.39 is 11.5 Å². The molecule has 26 heavy (non-hydrogen) atoms. The molecule has 7 nitrogen and oxygen atoms in total. The second kappa shape index (κ2) is 6.21. The Balaban J connectivity index is 1.65. The number of hydrogen-bond acceptors (Lipinski definition) is 6. The zero-order valence-corrected chi connectivity index (χ0v) is 15.4. The van der Waals surface area contributed by atoms with Gasteiger partial charge in [0.25, 0.3) is 5.91 Å². The minimum atomic E-state index is -0.889. The van der Waals surface area contributed by atoms with Gasteiger partial charge in [-0.2, -0.15) is 0 Å². The van der Waals surface area contributed by atoms with Crippen LogP contribution < -0.4 is 11.1 Å². The van der Waals surface area contributed by atoms with Crippen LogP contribution in [0.4, 0.5) is 5.13 Å². The molecule has 1 aromatic carbocycles. The molecule has 2 amide bonds. The Labute approximate surface area is 155 Å². The number of carbonyl (C=O) groups is 2. The second-order valence-corrected chi connectivity index (χ2v) is 8.30. The smallest absolute Gasteiger partial charge is 0.253 e. The van der Waals surface area contributed by atoms with Gasteiger partial charge in [-0.25, -0.2) is 4.98 Å². The van der Waals surface area contributed by atoms with Gasteiger partial charge in [-0.05, 0) is 43.9 Å². The van der Waals surface area contributed by atoms with Gasteiger partial charge in [0.15, 0.2) is 5.13 Å². The van der Waals surface area contributed by atoms with Crippen LogP contribution >= 0.6 is 11.3 Å². The van der Waals surface area contributed by atoms with Crippen LogP contribution in [0.2, 0.25) is 0 Å². The van der Waals surface area contributed by atoms with Crippen LogP contribution in [0.3, 0.4) is 0 Å². The Morgan fingerprint density at radius 2 is 2.31 bits per heavy atom. The molecule has 1 spiro atoms. The molecule has 2 aliphatic heterocycles. The monoisotopic (exact) mass is 374 g/mol. The average Bonchev–Trinajstić information content (AvgIpc) is 3.00. The number of nitrogen functional groups attached to an aromatic ring is 1. The molecule has 0 unspecified atom stereocenters. The molecule has 3 heterocycles. The highest BCUT2D eigenvalue weighted by molar-refractivity contribution is 7.22. The van der Waals surface area contributed by atoms with Crippen molar-refractivity contribution in [3.8, 4) is 0 Å². The first-order chi connectivity index (χ1) is 12.4. The van der Waals surface area contributed by atoms with E-state index >= 15 is 0 Å². The Hall–Kier alpha value is -2.19. The lowest BCUT2D eigenvalue weighted by Gasteiger charge is -2.46. The van der Waals surface area contributed by atoms with E-state index in [1.165, 1.54) is 11.3 Å². The number of aliphatic hydroxyl groups excluding tert-OH is 1. The summed E-state index contributed by atoms with van der Waals surface area (Å²) in [4.78, 5) is 31.6. The number of hydrogen-bond donors (Lipinski definition) is 3. The maximum absolute atomic E-state index is 13.1. The number of amides is 2. The number of carbonyl (C=O) groups excluding carboxylic acids is 2. The summed E-state index contributed by atoms with van der Waals surface area (Å²) in [6.45, 7) is 3.23. The topological polar surface area (TPSA) is 109 Å². The fourth-order valence-corrected chi connectivity index (χ4v) is 4.99. The Morgan fingerprint density at radius 3 is 3.08 bits per heavy atom. The lowest BCUT2D eigenvalue weighted by Crippen LogP contribution is -2.62. The first-order valence-corrected chi connectivity index (χ1v) is 9.65. The van der Waals surface area contributed by atoms with Crippen LogP contribution in [0.1, 0.15) is 35.2 Å². The highest BCUT2D eigenvalue weighted by atomic mass is 32.1. The number of fused-ring (bicyclic) bond motifs is 1. The lowest BCUT2D eigenvalue weighted by atomic mass is 9.71. The van der Waals surface area contributed by atoms with Crippen LogP contribution in [0.15, 0.2) is 12.1 Å². The quantitative estimate of drug-likeness (QED) is 0.697. The Morgan fingerprint density at radius 1 is 1.50 bits per heavy atom. The number of thiazole rings is 1. The van der Waals surface area contributed by atoms with Crippen LogP contribution in [0.5, 0.6) is 0 Å². The molecule has 1 aromatic heterocycles. The van der Waals surface area contributed by atoms with Crippen molar-refractivity contribution >= 4 is 38.5 Å². The number of rotatable bonds is 1. The van der Waals surface area contributed by atoms with Crippen molar-refractivity contribution in [2.75, 3.05) is 25.4 Å². The maximum atomic E-state index is 13.1. The molecular weight excluding hydrogens is 352 g/mol. The third-order valence-corrected chi connectivity index (χ3v) is 6.39. The summed E-state index contributed by atoms with van der Waals surface area (Å²) in [6, 6.07) is 3.64. The van der Waals surface area contributed by atoms with E-state index in [0.717, 1.165) is 22.2 Å². The van der Waals surface area contributed by atoms with Gasteiger partial charge >= 0.3 is 0 Å². The van der Waals surface area contributed by atoms with Gasteiger partial charge in [0.05, 0.1) is 21.7 Å². The van der Waals surface area contributed by atoms with Gasteiger partial charge in [0.1, 0.15) is 0 Å². The Bertz CT molecular complexity index is 896. The number of nitrogens with zero attached hydrogens (tertiary/aromatic N) is 2. The van der Waals surface area contributed by atoms with Crippen molar-refractivity contribution in [1.82, 2.24) is 15.2 Å². The average molecular weight is 374 g/mol. The fraction of sp³-hybridized carbons (Fsp3) is 0.500. The van der Waals surface area contributed by atoms with Gasteiger partial charge in [0.2, 0.25) is 5.91 Å². The van der Waals surface area contributed by atoms with Crippen molar-refractivity contribution in [2.24, 2.45) is 5.41 Å². The number of anilines is 1. The third kappa shape index (κ3) is 2.64. The summed E-state index contributed by atoms with van der Waals surface area (Å²) < 4.78 is 0.882. The highest BCUT2D eigenvalue weighted by Gasteiger charge is 2.50. The molecule has 2 saturated heterocycles. The van der Waals surface area contributed by atoms with E-state index in [1.54, 1.807) is 4.90 Å². The molecule has 2 aromatic rings. The number of aromatic nitrogens is 1. The predicted octanol–water partition coefficient (Wildman–Crippen LogP) is 1.29. The largest absolute Gasteiger partial charge is 0.392 e. The van der Waals surface area contributed by atoms with Gasteiger partial charge in [0, 0.05) is 25.2 Å². The van der Waals surface area contributed by atoms with Crippen molar-refractivity contribution in [3.63, 3.8) is 0 Å². The number of aryl methyl sites for hydroxylation is 1. The van der Waals surface area contributed by atoms with Crippen molar-refractivity contribution in [1.29, 1.82) is 0 Å². The first-order valence-electron chi connectivity index (χ1n) is 8.83. The summed E-state index contributed by atoms with van der Waals surface area (Å²) in [5.74, 6) is -0.262. The number of likely N-dealkylation sites (tertiary alicyclic amines) is 1. The van der Waals surface area contributed by atoms with E-state index in [9.17, 15) is 14.7 Å². The minimum Gasteiger partial charge on any atom is -0.392 e. The molecule has 0 saturated carbocycles. The molecular formula is C18H22N4O3S. The van der Waals surface area contributed by atoms with Gasteiger partial charge in [-0.15, -0.1) is 0 Å². The number of aliphatic hydroxyl groups is 1. The molecule has 2 atom stereocenters. The molecule has 2 aliphatic rings. The molecule has 2 fully saturated rings. The van der Waals surface area contributed by atoms with Crippen molar-refractivity contribution in [3.05, 3.63) is 23.3 Å². The number of piperidine rings is 2. The van der Waals surface area contributed by atoms with E-state index in [-0.39, 0.29) is 18.4 Å². The van der Waals surface area contributed by atoms with Gasteiger partial charge < -0.3 is 21.1 Å². The number of benzene rings is 1. The minimum absolute atomic E-state index is 0.119.